The summed E-state index contributed by atoms with van der Waals surface area (Å²) in [4.78, 5) is 30.1. The van der Waals surface area contributed by atoms with Crippen LogP contribution in [0.4, 0.5) is 0 Å². The number of hydrogen-bond acceptors (Lipinski definition) is 5. The van der Waals surface area contributed by atoms with E-state index in [1.165, 1.54) is 0 Å². The Bertz CT molecular complexity index is 1040. The van der Waals surface area contributed by atoms with Crippen LogP contribution in [0.1, 0.15) is 22.6 Å². The van der Waals surface area contributed by atoms with Crippen molar-refractivity contribution in [3.63, 3.8) is 0 Å². The first-order valence-corrected chi connectivity index (χ1v) is 10.2. The molecule has 30 heavy (non-hydrogen) atoms. The van der Waals surface area contributed by atoms with Crippen LogP contribution in [0.3, 0.4) is 0 Å². The summed E-state index contributed by atoms with van der Waals surface area (Å²) in [7, 11) is 1.73. The van der Waals surface area contributed by atoms with E-state index in [0.29, 0.717) is 25.4 Å². The summed E-state index contributed by atoms with van der Waals surface area (Å²) in [6.07, 6.45) is 3.57. The second kappa shape index (κ2) is 6.80. The van der Waals surface area contributed by atoms with Gasteiger partial charge < -0.3 is 19.1 Å². The van der Waals surface area contributed by atoms with Gasteiger partial charge in [0.05, 0.1) is 36.7 Å². The van der Waals surface area contributed by atoms with Gasteiger partial charge in [0.1, 0.15) is 5.60 Å². The van der Waals surface area contributed by atoms with Gasteiger partial charge in [-0.25, -0.2) is 0 Å². The van der Waals surface area contributed by atoms with Gasteiger partial charge in [0, 0.05) is 19.7 Å². The highest BCUT2D eigenvalue weighted by molar-refractivity contribution is 5.93. The minimum absolute atomic E-state index is 0.00869. The lowest BCUT2D eigenvalue weighted by Gasteiger charge is -2.27. The van der Waals surface area contributed by atoms with Crippen LogP contribution < -0.4 is 0 Å². The lowest BCUT2D eigenvalue weighted by molar-refractivity contribution is -0.143. The summed E-state index contributed by atoms with van der Waals surface area (Å²) in [5.74, 6) is -0.485. The fourth-order valence-electron chi connectivity index (χ4n) is 5.08. The Labute approximate surface area is 175 Å². The maximum atomic E-state index is 13.4. The van der Waals surface area contributed by atoms with E-state index in [1.54, 1.807) is 11.9 Å². The smallest absolute Gasteiger partial charge is 0.230 e. The van der Waals surface area contributed by atoms with Crippen molar-refractivity contribution in [2.45, 2.75) is 38.6 Å². The number of rotatable bonds is 5. The molecule has 2 amide bonds. The van der Waals surface area contributed by atoms with Gasteiger partial charge in [-0.15, -0.1) is 0 Å². The molecule has 1 aromatic carbocycles. The Hall–Kier alpha value is -2.93. The first-order chi connectivity index (χ1) is 14.4. The molecule has 3 aliphatic rings. The van der Waals surface area contributed by atoms with Crippen LogP contribution in [0.2, 0.25) is 0 Å². The molecule has 4 heterocycles. The number of benzene rings is 1. The molecule has 0 unspecified atom stereocenters. The second-order valence-corrected chi connectivity index (χ2v) is 8.71. The number of carbonyl (C=O) groups is 2. The highest BCUT2D eigenvalue weighted by atomic mass is 16.5. The third-order valence-electron chi connectivity index (χ3n) is 6.37. The van der Waals surface area contributed by atoms with Crippen LogP contribution in [0, 0.1) is 25.7 Å². The lowest BCUT2D eigenvalue weighted by Crippen LogP contribution is -2.44. The van der Waals surface area contributed by atoms with Crippen LogP contribution >= 0.6 is 0 Å². The Morgan fingerprint density at radius 1 is 1.33 bits per heavy atom. The van der Waals surface area contributed by atoms with E-state index in [2.05, 4.69) is 11.2 Å². The molecule has 4 atom stereocenters. The topological polar surface area (TPSA) is 75.9 Å². The number of nitrogens with zero attached hydrogens (tertiary/aromatic N) is 3. The Morgan fingerprint density at radius 3 is 2.90 bits per heavy atom. The van der Waals surface area contributed by atoms with Crippen LogP contribution in [-0.4, -0.2) is 52.1 Å². The first kappa shape index (κ1) is 19.1. The average Bonchev–Trinajstić information content (AvgIpc) is 3.44. The third kappa shape index (κ3) is 2.96. The minimum Gasteiger partial charge on any atom is -0.360 e. The number of hydrogen-bond donors (Lipinski definition) is 0. The largest absolute Gasteiger partial charge is 0.360 e. The maximum absolute atomic E-state index is 13.4. The highest BCUT2D eigenvalue weighted by Crippen LogP contribution is 2.52. The van der Waals surface area contributed by atoms with Gasteiger partial charge >= 0.3 is 0 Å². The molecule has 2 saturated heterocycles. The van der Waals surface area contributed by atoms with Crippen LogP contribution in [0.15, 0.2) is 47.0 Å². The molecule has 1 spiro atoms. The highest BCUT2D eigenvalue weighted by Gasteiger charge is 2.67. The average molecular weight is 407 g/mol. The molecule has 0 radical (unpaired) electrons. The van der Waals surface area contributed by atoms with Crippen molar-refractivity contribution in [3.8, 4) is 0 Å². The quantitative estimate of drug-likeness (QED) is 0.711. The van der Waals surface area contributed by atoms with Crippen molar-refractivity contribution in [2.75, 3.05) is 13.6 Å². The SMILES string of the molecule is Cc1cccc(CN2C[C@]34C=C[C@H](O3)[C@@H](C(=O)N(C)Cc3cc(C)no3)[C@@H]4C2=O)c1. The summed E-state index contributed by atoms with van der Waals surface area (Å²) in [5, 5.41) is 3.88. The molecule has 2 bridgehead atoms. The number of fused-ring (bicyclic) bond motifs is 1. The molecule has 7 nitrogen and oxygen atoms in total. The van der Waals surface area contributed by atoms with Gasteiger partial charge in [0.25, 0.3) is 0 Å². The first-order valence-electron chi connectivity index (χ1n) is 10.2. The van der Waals surface area contributed by atoms with Gasteiger partial charge in [-0.05, 0) is 19.4 Å². The van der Waals surface area contributed by atoms with Gasteiger partial charge in [0.15, 0.2) is 5.76 Å². The summed E-state index contributed by atoms with van der Waals surface area (Å²) in [6.45, 7) is 5.19. The number of ether oxygens (including phenoxy) is 1. The van der Waals surface area contributed by atoms with E-state index in [0.717, 1.165) is 16.8 Å². The summed E-state index contributed by atoms with van der Waals surface area (Å²) in [5.41, 5.74) is 2.31. The summed E-state index contributed by atoms with van der Waals surface area (Å²) >= 11 is 0. The molecule has 2 fully saturated rings. The molecular formula is C23H25N3O4. The molecule has 0 N–H and O–H groups in total. The maximum Gasteiger partial charge on any atom is 0.230 e. The minimum atomic E-state index is -0.699. The lowest BCUT2D eigenvalue weighted by atomic mass is 9.76. The van der Waals surface area contributed by atoms with E-state index in [9.17, 15) is 9.59 Å². The molecule has 0 aliphatic carbocycles. The van der Waals surface area contributed by atoms with E-state index in [1.807, 2.05) is 55.2 Å². The monoisotopic (exact) mass is 407 g/mol. The molecule has 2 aromatic rings. The third-order valence-corrected chi connectivity index (χ3v) is 6.37. The molecule has 1 aromatic heterocycles. The predicted molar refractivity (Wildman–Crippen MR) is 108 cm³/mol. The second-order valence-electron chi connectivity index (χ2n) is 8.71. The van der Waals surface area contributed by atoms with E-state index < -0.39 is 17.4 Å². The predicted octanol–water partition coefficient (Wildman–Crippen LogP) is 2.23. The van der Waals surface area contributed by atoms with Gasteiger partial charge in [0.2, 0.25) is 11.8 Å². The Kier molecular flexibility index (Phi) is 4.32. The number of likely N-dealkylation sites (tertiary alicyclic amines) is 1. The standard InChI is InChI=1S/C23H25N3O4/c1-14-5-4-6-16(9-14)11-26-13-23-8-7-18(29-23)19(20(23)22(26)28)21(27)25(3)12-17-10-15(2)24-30-17/h4-10,18-20H,11-13H2,1-3H3/t18-,19+,20+,23-/m0/s1. The van der Waals surface area contributed by atoms with Crippen LogP contribution in [0.5, 0.6) is 0 Å². The number of aromatic nitrogens is 1. The molecule has 3 aliphatic heterocycles. The van der Waals surface area contributed by atoms with E-state index in [-0.39, 0.29) is 17.9 Å². The van der Waals surface area contributed by atoms with E-state index in [4.69, 9.17) is 9.26 Å². The zero-order chi connectivity index (χ0) is 21.0. The zero-order valence-corrected chi connectivity index (χ0v) is 17.4. The Morgan fingerprint density at radius 2 is 2.17 bits per heavy atom. The molecule has 0 saturated carbocycles. The van der Waals surface area contributed by atoms with Crippen molar-refractivity contribution in [3.05, 3.63) is 65.1 Å². The van der Waals surface area contributed by atoms with Gasteiger partial charge in [-0.3, -0.25) is 9.59 Å². The fourth-order valence-corrected chi connectivity index (χ4v) is 5.08. The van der Waals surface area contributed by atoms with E-state index >= 15 is 0 Å². The molecule has 7 heteroatoms. The fraction of sp³-hybridized carbons (Fsp3) is 0.435. The number of amides is 2. The molecular weight excluding hydrogens is 382 g/mol. The zero-order valence-electron chi connectivity index (χ0n) is 17.4. The van der Waals surface area contributed by atoms with Gasteiger partial charge in [-0.1, -0.05) is 47.1 Å². The van der Waals surface area contributed by atoms with Crippen molar-refractivity contribution in [2.24, 2.45) is 11.8 Å². The molecule has 156 valence electrons. The summed E-state index contributed by atoms with van der Waals surface area (Å²) in [6, 6.07) is 9.96. The normalized spacial score (nSPS) is 29.0. The molecule has 5 rings (SSSR count). The van der Waals surface area contributed by atoms with Crippen molar-refractivity contribution in [1.29, 1.82) is 0 Å². The van der Waals surface area contributed by atoms with Crippen LogP contribution in [-0.2, 0) is 27.4 Å². The number of carbonyl (C=O) groups excluding carboxylic acids is 2. The van der Waals surface area contributed by atoms with Crippen molar-refractivity contribution >= 4 is 11.8 Å². The van der Waals surface area contributed by atoms with Crippen molar-refractivity contribution < 1.29 is 18.8 Å². The summed E-state index contributed by atoms with van der Waals surface area (Å²) < 4.78 is 11.5. The van der Waals surface area contributed by atoms with Crippen LogP contribution in [0.25, 0.3) is 0 Å². The van der Waals surface area contributed by atoms with Gasteiger partial charge in [-0.2, -0.15) is 0 Å². The Balaban J connectivity index is 1.36. The number of aryl methyl sites for hydroxylation is 2. The van der Waals surface area contributed by atoms with Crippen molar-refractivity contribution in [1.82, 2.24) is 15.0 Å².